The second-order valence-corrected chi connectivity index (χ2v) is 11.8. The molecule has 0 atom stereocenters. The van der Waals surface area contributed by atoms with E-state index >= 15 is 0 Å². The monoisotopic (exact) mass is 653 g/mol. The van der Waals surface area contributed by atoms with E-state index in [2.05, 4.69) is 48.8 Å². The first-order chi connectivity index (χ1) is 21.2. The summed E-state index contributed by atoms with van der Waals surface area (Å²) in [5, 5.41) is 5.19. The summed E-state index contributed by atoms with van der Waals surface area (Å²) in [4.78, 5) is 18.8. The molecule has 1 aromatic heterocycles. The minimum absolute atomic E-state index is 0.203. The van der Waals surface area contributed by atoms with Gasteiger partial charge in [-0.3, -0.25) is 4.79 Å². The zero-order chi connectivity index (χ0) is 31.4. The van der Waals surface area contributed by atoms with E-state index in [1.807, 2.05) is 68.4 Å². The van der Waals surface area contributed by atoms with Crippen LogP contribution >= 0.6 is 15.9 Å². The number of ether oxygens (including phenoxy) is 3. The summed E-state index contributed by atoms with van der Waals surface area (Å²) < 4.78 is 19.9. The van der Waals surface area contributed by atoms with Gasteiger partial charge >= 0.3 is 0 Å². The molecule has 1 heterocycles. The van der Waals surface area contributed by atoms with Gasteiger partial charge in [-0.25, -0.2) is 4.98 Å². The lowest BCUT2D eigenvalue weighted by Crippen LogP contribution is -2.20. The van der Waals surface area contributed by atoms with Crippen LogP contribution in [-0.2, 0) is 6.61 Å². The SMILES string of the molecule is CCOc1cc(C=Nn2c(-c3cc(C(C)C)c(OC)cc3C)nc3ccccc3c2=O)cc(Br)c1OCc1ccc(C)cc1. The Kier molecular flexibility index (Phi) is 9.49. The molecule has 0 saturated heterocycles. The van der Waals surface area contributed by atoms with Crippen molar-refractivity contribution in [2.45, 2.75) is 47.1 Å². The van der Waals surface area contributed by atoms with Crippen LogP contribution in [0.5, 0.6) is 17.2 Å². The van der Waals surface area contributed by atoms with E-state index in [1.165, 1.54) is 10.2 Å². The van der Waals surface area contributed by atoms with E-state index in [4.69, 9.17) is 24.3 Å². The van der Waals surface area contributed by atoms with Crippen molar-refractivity contribution < 1.29 is 14.2 Å². The van der Waals surface area contributed by atoms with Crippen LogP contribution < -0.4 is 19.8 Å². The van der Waals surface area contributed by atoms with Gasteiger partial charge in [-0.05, 0) is 101 Å². The third-order valence-electron chi connectivity index (χ3n) is 7.35. The molecule has 4 aromatic carbocycles. The van der Waals surface area contributed by atoms with Crippen LogP contribution in [0.1, 0.15) is 54.5 Å². The highest BCUT2D eigenvalue weighted by Crippen LogP contribution is 2.38. The third-order valence-corrected chi connectivity index (χ3v) is 7.94. The lowest BCUT2D eigenvalue weighted by Gasteiger charge is -2.17. The zero-order valence-corrected chi connectivity index (χ0v) is 27.4. The van der Waals surface area contributed by atoms with Crippen molar-refractivity contribution in [2.75, 3.05) is 13.7 Å². The molecule has 0 amide bonds. The minimum atomic E-state index is -0.259. The Labute approximate surface area is 266 Å². The van der Waals surface area contributed by atoms with Gasteiger partial charge in [-0.2, -0.15) is 9.78 Å². The lowest BCUT2D eigenvalue weighted by molar-refractivity contribution is 0.267. The smallest absolute Gasteiger partial charge is 0.282 e. The molecular weight excluding hydrogens is 618 g/mol. The van der Waals surface area contributed by atoms with Gasteiger partial charge in [0.2, 0.25) is 0 Å². The molecule has 8 heteroatoms. The predicted molar refractivity (Wildman–Crippen MR) is 181 cm³/mol. The molecule has 5 rings (SSSR count). The molecule has 226 valence electrons. The van der Waals surface area contributed by atoms with Crippen molar-refractivity contribution in [1.29, 1.82) is 0 Å². The molecule has 0 aliphatic rings. The highest BCUT2D eigenvalue weighted by Gasteiger charge is 2.19. The van der Waals surface area contributed by atoms with E-state index in [1.54, 1.807) is 19.4 Å². The molecule has 0 bridgehead atoms. The first-order valence-corrected chi connectivity index (χ1v) is 15.4. The number of aryl methyl sites for hydroxylation is 2. The summed E-state index contributed by atoms with van der Waals surface area (Å²) in [6.07, 6.45) is 1.64. The van der Waals surface area contributed by atoms with E-state index in [-0.39, 0.29) is 11.5 Å². The Morgan fingerprint density at radius 3 is 2.43 bits per heavy atom. The van der Waals surface area contributed by atoms with Gasteiger partial charge in [0.05, 0.1) is 35.3 Å². The quantitative estimate of drug-likeness (QED) is 0.141. The fraction of sp³-hybridized carbons (Fsp3) is 0.250. The fourth-order valence-electron chi connectivity index (χ4n) is 5.00. The van der Waals surface area contributed by atoms with Crippen molar-refractivity contribution in [3.05, 3.63) is 115 Å². The number of halogens is 1. The second kappa shape index (κ2) is 13.5. The topological polar surface area (TPSA) is 74.9 Å². The number of benzene rings is 4. The van der Waals surface area contributed by atoms with Crippen molar-refractivity contribution in [1.82, 2.24) is 9.66 Å². The Hall–Kier alpha value is -4.43. The number of methoxy groups -OCH3 is 1. The molecule has 0 N–H and O–H groups in total. The maximum Gasteiger partial charge on any atom is 0.282 e. The summed E-state index contributed by atoms with van der Waals surface area (Å²) in [5.41, 5.74) is 6.09. The summed E-state index contributed by atoms with van der Waals surface area (Å²) in [7, 11) is 1.67. The van der Waals surface area contributed by atoms with E-state index < -0.39 is 0 Å². The van der Waals surface area contributed by atoms with Gasteiger partial charge in [0.15, 0.2) is 17.3 Å². The number of aromatic nitrogens is 2. The Morgan fingerprint density at radius 2 is 1.73 bits per heavy atom. The Balaban J connectivity index is 1.59. The third kappa shape index (κ3) is 6.55. The molecule has 0 aliphatic carbocycles. The van der Waals surface area contributed by atoms with E-state index in [0.29, 0.717) is 45.9 Å². The van der Waals surface area contributed by atoms with Gasteiger partial charge in [0.1, 0.15) is 12.4 Å². The molecular formula is C36H36BrN3O4. The largest absolute Gasteiger partial charge is 0.496 e. The number of hydrogen-bond acceptors (Lipinski definition) is 6. The normalized spacial score (nSPS) is 11.5. The van der Waals surface area contributed by atoms with Gasteiger partial charge in [-0.1, -0.05) is 55.8 Å². The Bertz CT molecular complexity index is 1900. The molecule has 44 heavy (non-hydrogen) atoms. The standard InChI is InChI=1S/C36H36BrN3O4/c1-7-43-33-18-26(17-30(37)34(33)44-21-25-14-12-23(4)13-15-25)20-38-40-35(39-31-11-9-8-10-27(31)36(40)41)29-19-28(22(2)3)32(42-6)16-24(29)5/h8-20,22H,7,21H2,1-6H3. The summed E-state index contributed by atoms with van der Waals surface area (Å²) >= 11 is 3.66. The minimum Gasteiger partial charge on any atom is -0.496 e. The van der Waals surface area contributed by atoms with Gasteiger partial charge in [0.25, 0.3) is 5.56 Å². The molecule has 5 aromatic rings. The predicted octanol–water partition coefficient (Wildman–Crippen LogP) is 8.43. The first kappa shape index (κ1) is 31.0. The van der Waals surface area contributed by atoms with Crippen LogP contribution in [-0.4, -0.2) is 29.6 Å². The van der Waals surface area contributed by atoms with Crippen LogP contribution in [0.2, 0.25) is 0 Å². The summed E-state index contributed by atoms with van der Waals surface area (Å²) in [6, 6.07) is 23.3. The van der Waals surface area contributed by atoms with Crippen LogP contribution in [0.15, 0.2) is 87.2 Å². The number of rotatable bonds is 10. The summed E-state index contributed by atoms with van der Waals surface area (Å²) in [5.74, 6) is 2.64. The summed E-state index contributed by atoms with van der Waals surface area (Å²) in [6.45, 7) is 11.0. The molecule has 0 spiro atoms. The van der Waals surface area contributed by atoms with Crippen LogP contribution in [0.4, 0.5) is 0 Å². The molecule has 7 nitrogen and oxygen atoms in total. The van der Waals surface area contributed by atoms with Gasteiger partial charge in [0, 0.05) is 5.56 Å². The average Bonchev–Trinajstić information content (AvgIpc) is 3.01. The number of para-hydroxylation sites is 1. The van der Waals surface area contributed by atoms with Crippen molar-refractivity contribution in [3.63, 3.8) is 0 Å². The Morgan fingerprint density at radius 1 is 0.977 bits per heavy atom. The van der Waals surface area contributed by atoms with Crippen LogP contribution in [0, 0.1) is 13.8 Å². The molecule has 0 unspecified atom stereocenters. The molecule has 0 fully saturated rings. The van der Waals surface area contributed by atoms with Gasteiger partial charge in [-0.15, -0.1) is 0 Å². The second-order valence-electron chi connectivity index (χ2n) is 10.9. The highest BCUT2D eigenvalue weighted by molar-refractivity contribution is 9.10. The lowest BCUT2D eigenvalue weighted by atomic mass is 9.96. The van der Waals surface area contributed by atoms with Crippen molar-refractivity contribution >= 4 is 33.0 Å². The van der Waals surface area contributed by atoms with Crippen LogP contribution in [0.3, 0.4) is 0 Å². The zero-order valence-electron chi connectivity index (χ0n) is 25.8. The fourth-order valence-corrected chi connectivity index (χ4v) is 5.58. The van der Waals surface area contributed by atoms with Crippen molar-refractivity contribution in [3.8, 4) is 28.6 Å². The number of hydrogen-bond donors (Lipinski definition) is 0. The molecule has 0 saturated carbocycles. The van der Waals surface area contributed by atoms with Crippen LogP contribution in [0.25, 0.3) is 22.3 Å². The molecule has 0 aliphatic heterocycles. The maximum atomic E-state index is 13.9. The van der Waals surface area contributed by atoms with E-state index in [9.17, 15) is 4.79 Å². The first-order valence-electron chi connectivity index (χ1n) is 14.6. The van der Waals surface area contributed by atoms with E-state index in [0.717, 1.165) is 33.6 Å². The number of fused-ring (bicyclic) bond motifs is 1. The average molecular weight is 655 g/mol. The van der Waals surface area contributed by atoms with Gasteiger partial charge < -0.3 is 14.2 Å². The maximum absolute atomic E-state index is 13.9. The van der Waals surface area contributed by atoms with Crippen molar-refractivity contribution in [2.24, 2.45) is 5.10 Å². The molecule has 0 radical (unpaired) electrons. The highest BCUT2D eigenvalue weighted by atomic mass is 79.9. The number of nitrogens with zero attached hydrogens (tertiary/aromatic N) is 3.